The van der Waals surface area contributed by atoms with E-state index in [0.717, 1.165) is 50.5 Å². The fraction of sp³-hybridized carbons (Fsp3) is 0.562. The van der Waals surface area contributed by atoms with E-state index >= 15 is 0 Å². The third-order valence-corrected chi connectivity index (χ3v) is 3.83. The van der Waals surface area contributed by atoms with E-state index in [1.807, 2.05) is 25.1 Å². The number of nitrogens with one attached hydrogen (secondary N) is 1. The van der Waals surface area contributed by atoms with Crippen molar-refractivity contribution in [2.75, 3.05) is 32.8 Å². The Labute approximate surface area is 121 Å². The van der Waals surface area contributed by atoms with Crippen molar-refractivity contribution in [3.8, 4) is 6.07 Å². The van der Waals surface area contributed by atoms with Crippen LogP contribution in [0.2, 0.25) is 0 Å². The maximum absolute atomic E-state index is 8.86. The molecule has 0 amide bonds. The summed E-state index contributed by atoms with van der Waals surface area (Å²) in [5.41, 5.74) is 3.13. The van der Waals surface area contributed by atoms with Crippen molar-refractivity contribution < 1.29 is 4.74 Å². The topological polar surface area (TPSA) is 48.3 Å². The normalized spacial score (nSPS) is 19.8. The summed E-state index contributed by atoms with van der Waals surface area (Å²) in [7, 11) is 0. The lowest BCUT2D eigenvalue weighted by molar-refractivity contribution is -0.0253. The molecule has 1 atom stereocenters. The van der Waals surface area contributed by atoms with Gasteiger partial charge in [0.15, 0.2) is 0 Å². The van der Waals surface area contributed by atoms with Gasteiger partial charge in [-0.25, -0.2) is 0 Å². The first-order valence-electron chi connectivity index (χ1n) is 7.27. The Hall–Kier alpha value is -1.41. The Bertz CT molecular complexity index is 481. The summed E-state index contributed by atoms with van der Waals surface area (Å²) in [4.78, 5) is 2.42. The number of nitrogens with zero attached hydrogens (tertiary/aromatic N) is 2. The van der Waals surface area contributed by atoms with E-state index in [0.29, 0.717) is 0 Å². The average molecular weight is 273 g/mol. The van der Waals surface area contributed by atoms with Crippen molar-refractivity contribution in [2.45, 2.75) is 26.5 Å². The molecule has 1 heterocycles. The summed E-state index contributed by atoms with van der Waals surface area (Å²) >= 11 is 0. The van der Waals surface area contributed by atoms with Gasteiger partial charge in [-0.15, -0.1) is 0 Å². The molecule has 2 rings (SSSR count). The number of ether oxygens (including phenoxy) is 1. The lowest BCUT2D eigenvalue weighted by atomic mass is 10.1. The highest BCUT2D eigenvalue weighted by Gasteiger charge is 2.18. The van der Waals surface area contributed by atoms with Crippen LogP contribution in [0.1, 0.15) is 23.6 Å². The summed E-state index contributed by atoms with van der Waals surface area (Å²) in [6.07, 6.45) is 0.280. The lowest BCUT2D eigenvalue weighted by Gasteiger charge is -2.32. The second-order valence-electron chi connectivity index (χ2n) is 5.27. The molecule has 4 heteroatoms. The van der Waals surface area contributed by atoms with Gasteiger partial charge in [0.1, 0.15) is 0 Å². The third kappa shape index (κ3) is 4.04. The molecular weight excluding hydrogens is 250 g/mol. The van der Waals surface area contributed by atoms with Crippen molar-refractivity contribution in [3.63, 3.8) is 0 Å². The summed E-state index contributed by atoms with van der Waals surface area (Å²) in [6.45, 7) is 9.91. The minimum atomic E-state index is 0.280. The van der Waals surface area contributed by atoms with Crippen molar-refractivity contribution in [3.05, 3.63) is 34.9 Å². The maximum atomic E-state index is 8.86. The number of hydrogen-bond donors (Lipinski definition) is 1. The van der Waals surface area contributed by atoms with Gasteiger partial charge in [-0.1, -0.05) is 13.0 Å². The molecule has 4 nitrogen and oxygen atoms in total. The van der Waals surface area contributed by atoms with Crippen LogP contribution in [0.4, 0.5) is 0 Å². The van der Waals surface area contributed by atoms with Gasteiger partial charge in [-0.2, -0.15) is 5.26 Å². The summed E-state index contributed by atoms with van der Waals surface area (Å²) in [5.74, 6) is 0. The number of likely N-dealkylation sites (N-methyl/N-ethyl adjacent to an activating group) is 1. The van der Waals surface area contributed by atoms with Crippen LogP contribution in [-0.4, -0.2) is 43.8 Å². The van der Waals surface area contributed by atoms with Crippen LogP contribution in [0.25, 0.3) is 0 Å². The first kappa shape index (κ1) is 15.0. The standard InChI is InChI=1S/C16H23N3O/c1-3-19-6-7-20-16(12-19)11-18-10-15-5-4-14(9-17)8-13(15)2/h4-5,8,16,18H,3,6-7,10-12H2,1-2H3. The smallest absolute Gasteiger partial charge is 0.0991 e. The fourth-order valence-electron chi connectivity index (χ4n) is 2.52. The van der Waals surface area contributed by atoms with Gasteiger partial charge in [-0.3, -0.25) is 4.90 Å². The quantitative estimate of drug-likeness (QED) is 0.886. The van der Waals surface area contributed by atoms with Crippen LogP contribution in [-0.2, 0) is 11.3 Å². The second-order valence-corrected chi connectivity index (χ2v) is 5.27. The van der Waals surface area contributed by atoms with Gasteiger partial charge < -0.3 is 10.1 Å². The van der Waals surface area contributed by atoms with E-state index in [-0.39, 0.29) is 6.10 Å². The summed E-state index contributed by atoms with van der Waals surface area (Å²) in [6, 6.07) is 8.01. The number of benzene rings is 1. The van der Waals surface area contributed by atoms with Gasteiger partial charge in [-0.05, 0) is 36.7 Å². The molecule has 1 aromatic rings. The Morgan fingerprint density at radius 2 is 2.35 bits per heavy atom. The molecule has 1 unspecified atom stereocenters. The number of rotatable bonds is 5. The van der Waals surface area contributed by atoms with Gasteiger partial charge in [0.2, 0.25) is 0 Å². The third-order valence-electron chi connectivity index (χ3n) is 3.83. The minimum absolute atomic E-state index is 0.280. The predicted octanol–water partition coefficient (Wildman–Crippen LogP) is 1.68. The van der Waals surface area contributed by atoms with E-state index in [4.69, 9.17) is 10.00 Å². The molecule has 1 aliphatic rings. The highest BCUT2D eigenvalue weighted by atomic mass is 16.5. The van der Waals surface area contributed by atoms with Crippen LogP contribution in [0.3, 0.4) is 0 Å². The van der Waals surface area contributed by atoms with Gasteiger partial charge >= 0.3 is 0 Å². The first-order chi connectivity index (χ1) is 9.72. The molecule has 1 saturated heterocycles. The van der Waals surface area contributed by atoms with E-state index in [2.05, 4.69) is 23.2 Å². The average Bonchev–Trinajstić information content (AvgIpc) is 2.49. The van der Waals surface area contributed by atoms with Crippen molar-refractivity contribution >= 4 is 0 Å². The largest absolute Gasteiger partial charge is 0.374 e. The predicted molar refractivity (Wildman–Crippen MR) is 79.5 cm³/mol. The number of morpholine rings is 1. The van der Waals surface area contributed by atoms with Gasteiger partial charge in [0.05, 0.1) is 24.3 Å². The number of nitriles is 1. The van der Waals surface area contributed by atoms with Crippen LogP contribution in [0.5, 0.6) is 0 Å². The van der Waals surface area contributed by atoms with Crippen molar-refractivity contribution in [1.82, 2.24) is 10.2 Å². The Morgan fingerprint density at radius 1 is 1.50 bits per heavy atom. The number of aryl methyl sites for hydroxylation is 1. The molecule has 1 fully saturated rings. The minimum Gasteiger partial charge on any atom is -0.374 e. The Morgan fingerprint density at radius 3 is 3.05 bits per heavy atom. The molecule has 0 aliphatic carbocycles. The van der Waals surface area contributed by atoms with Gasteiger partial charge in [0, 0.05) is 26.2 Å². The summed E-state index contributed by atoms with van der Waals surface area (Å²) in [5, 5.41) is 12.3. The molecule has 20 heavy (non-hydrogen) atoms. The first-order valence-corrected chi connectivity index (χ1v) is 7.27. The zero-order valence-corrected chi connectivity index (χ0v) is 12.4. The SMILES string of the molecule is CCN1CCOC(CNCc2ccc(C#N)cc2C)C1. The van der Waals surface area contributed by atoms with Crippen LogP contribution in [0.15, 0.2) is 18.2 Å². The monoisotopic (exact) mass is 273 g/mol. The molecule has 0 saturated carbocycles. The highest BCUT2D eigenvalue weighted by molar-refractivity contribution is 5.37. The molecule has 0 aromatic heterocycles. The molecular formula is C16H23N3O. The molecule has 0 bridgehead atoms. The van der Waals surface area contributed by atoms with Gasteiger partial charge in [0.25, 0.3) is 0 Å². The lowest BCUT2D eigenvalue weighted by Crippen LogP contribution is -2.46. The Kier molecular flexibility index (Phi) is 5.54. The fourth-order valence-corrected chi connectivity index (χ4v) is 2.52. The Balaban J connectivity index is 1.80. The second kappa shape index (κ2) is 7.39. The van der Waals surface area contributed by atoms with E-state index in [1.165, 1.54) is 5.56 Å². The highest BCUT2D eigenvalue weighted by Crippen LogP contribution is 2.10. The van der Waals surface area contributed by atoms with Crippen molar-refractivity contribution in [2.24, 2.45) is 0 Å². The zero-order chi connectivity index (χ0) is 14.4. The number of hydrogen-bond acceptors (Lipinski definition) is 4. The van der Waals surface area contributed by atoms with Crippen molar-refractivity contribution in [1.29, 1.82) is 5.26 Å². The van der Waals surface area contributed by atoms with E-state index in [1.54, 1.807) is 0 Å². The van der Waals surface area contributed by atoms with E-state index < -0.39 is 0 Å². The molecule has 108 valence electrons. The summed E-state index contributed by atoms with van der Waals surface area (Å²) < 4.78 is 5.77. The van der Waals surface area contributed by atoms with Crippen LogP contribution < -0.4 is 5.32 Å². The molecule has 1 aliphatic heterocycles. The molecule has 0 radical (unpaired) electrons. The molecule has 1 N–H and O–H groups in total. The van der Waals surface area contributed by atoms with Crippen LogP contribution >= 0.6 is 0 Å². The zero-order valence-electron chi connectivity index (χ0n) is 12.4. The molecule has 1 aromatic carbocycles. The molecule has 0 spiro atoms. The maximum Gasteiger partial charge on any atom is 0.0991 e. The van der Waals surface area contributed by atoms with Crippen LogP contribution in [0, 0.1) is 18.3 Å². The van der Waals surface area contributed by atoms with E-state index in [9.17, 15) is 0 Å².